The first-order valence-corrected chi connectivity index (χ1v) is 10.5. The number of amides is 1. The zero-order valence-corrected chi connectivity index (χ0v) is 17.0. The normalized spacial score (nSPS) is 25.5. The highest BCUT2D eigenvalue weighted by Crippen LogP contribution is 2.43. The molecule has 2 fully saturated rings. The third kappa shape index (κ3) is 4.45. The second-order valence-corrected chi connectivity index (χ2v) is 8.30. The minimum Gasteiger partial charge on any atom is -0.356 e. The summed E-state index contributed by atoms with van der Waals surface area (Å²) in [4.78, 5) is 22.4. The van der Waals surface area contributed by atoms with Crippen molar-refractivity contribution < 1.29 is 4.79 Å². The smallest absolute Gasteiger partial charge is 0.227 e. The number of H-pyrrole nitrogens is 1. The lowest BCUT2D eigenvalue weighted by atomic mass is 9.67. The summed E-state index contributed by atoms with van der Waals surface area (Å²) in [5.41, 5.74) is 0.953. The van der Waals surface area contributed by atoms with Crippen LogP contribution in [0.2, 0.25) is 0 Å². The number of carbonyl (C=O) groups excluding carboxylic acids is 1. The average Bonchev–Trinajstić information content (AvgIpc) is 3.26. The van der Waals surface area contributed by atoms with E-state index >= 15 is 0 Å². The number of hydrogen-bond donors (Lipinski definition) is 2. The Hall–Kier alpha value is -2.39. The molecular formula is C20H30N8O. The standard InChI is InChI=1S/C20H30N8O/c1-27-13-8-20(19(29)22-9-2-4-18-23-25-26-24-18)7-3-12-28(17(20)15-27)14-16-5-10-21-11-6-16/h5-6,10-11,17H,2-4,7-9,12-15H2,1H3,(H,22,29)(H,23,24,25,26)/t17-,20+/m0/s1. The molecule has 0 radical (unpaired) electrons. The average molecular weight is 399 g/mol. The maximum Gasteiger partial charge on any atom is 0.227 e. The molecule has 4 rings (SSSR count). The van der Waals surface area contributed by atoms with E-state index in [0.717, 1.165) is 51.9 Å². The molecule has 2 aromatic rings. The van der Waals surface area contributed by atoms with Gasteiger partial charge in [0.15, 0.2) is 5.82 Å². The number of piperidine rings is 2. The van der Waals surface area contributed by atoms with Crippen LogP contribution < -0.4 is 5.32 Å². The van der Waals surface area contributed by atoms with E-state index in [-0.39, 0.29) is 17.4 Å². The fourth-order valence-electron chi connectivity index (χ4n) is 4.83. The van der Waals surface area contributed by atoms with Crippen LogP contribution in [0.25, 0.3) is 0 Å². The highest BCUT2D eigenvalue weighted by molar-refractivity contribution is 5.83. The van der Waals surface area contributed by atoms with Gasteiger partial charge in [-0.2, -0.15) is 5.21 Å². The molecule has 0 saturated carbocycles. The van der Waals surface area contributed by atoms with Gasteiger partial charge in [0.1, 0.15) is 0 Å². The number of aryl methyl sites for hydroxylation is 1. The van der Waals surface area contributed by atoms with E-state index in [1.807, 2.05) is 12.4 Å². The molecule has 0 aliphatic carbocycles. The van der Waals surface area contributed by atoms with Gasteiger partial charge in [0.2, 0.25) is 5.91 Å². The lowest BCUT2D eigenvalue weighted by Crippen LogP contribution is -2.65. The van der Waals surface area contributed by atoms with Crippen LogP contribution in [-0.2, 0) is 17.8 Å². The van der Waals surface area contributed by atoms with Gasteiger partial charge in [0.25, 0.3) is 0 Å². The predicted molar refractivity (Wildman–Crippen MR) is 108 cm³/mol. The van der Waals surface area contributed by atoms with E-state index in [2.05, 4.69) is 59.9 Å². The van der Waals surface area contributed by atoms with Gasteiger partial charge < -0.3 is 10.2 Å². The van der Waals surface area contributed by atoms with Gasteiger partial charge in [0.05, 0.1) is 5.41 Å². The highest BCUT2D eigenvalue weighted by Gasteiger charge is 2.51. The summed E-state index contributed by atoms with van der Waals surface area (Å²) in [6, 6.07) is 4.38. The van der Waals surface area contributed by atoms with Crippen molar-refractivity contribution in [2.45, 2.75) is 44.7 Å². The SMILES string of the molecule is CN1CC[C@]2(C(=O)NCCCc3nn[nH]n3)CCCN(Cc3ccncc3)[C@H]2C1. The summed E-state index contributed by atoms with van der Waals surface area (Å²) in [5, 5.41) is 17.2. The summed E-state index contributed by atoms with van der Waals surface area (Å²) in [5.74, 6) is 0.902. The predicted octanol–water partition coefficient (Wildman–Crippen LogP) is 0.630. The van der Waals surface area contributed by atoms with Gasteiger partial charge in [-0.3, -0.25) is 14.7 Å². The number of aromatic amines is 1. The molecule has 4 heterocycles. The van der Waals surface area contributed by atoms with Crippen molar-refractivity contribution in [2.75, 3.05) is 33.2 Å². The Kier molecular flexibility index (Phi) is 6.15. The van der Waals surface area contributed by atoms with Crippen LogP contribution in [-0.4, -0.2) is 80.6 Å². The van der Waals surface area contributed by atoms with Crippen LogP contribution in [0.3, 0.4) is 0 Å². The number of nitrogens with one attached hydrogen (secondary N) is 2. The summed E-state index contributed by atoms with van der Waals surface area (Å²) in [6.45, 7) is 4.45. The molecule has 2 aliphatic rings. The summed E-state index contributed by atoms with van der Waals surface area (Å²) in [6.07, 6.45) is 8.15. The molecule has 9 heteroatoms. The molecule has 9 nitrogen and oxygen atoms in total. The summed E-state index contributed by atoms with van der Waals surface area (Å²) >= 11 is 0. The molecule has 29 heavy (non-hydrogen) atoms. The number of aromatic nitrogens is 5. The van der Waals surface area contributed by atoms with Crippen LogP contribution >= 0.6 is 0 Å². The number of rotatable bonds is 7. The van der Waals surface area contributed by atoms with E-state index in [0.29, 0.717) is 18.8 Å². The number of tetrazole rings is 1. The molecular weight excluding hydrogens is 368 g/mol. The molecule has 2 atom stereocenters. The lowest BCUT2D eigenvalue weighted by Gasteiger charge is -2.53. The van der Waals surface area contributed by atoms with Crippen molar-refractivity contribution in [3.8, 4) is 0 Å². The van der Waals surface area contributed by atoms with Crippen LogP contribution in [0.15, 0.2) is 24.5 Å². The van der Waals surface area contributed by atoms with Crippen LogP contribution in [0.4, 0.5) is 0 Å². The largest absolute Gasteiger partial charge is 0.356 e. The summed E-state index contributed by atoms with van der Waals surface area (Å²) in [7, 11) is 2.16. The lowest BCUT2D eigenvalue weighted by molar-refractivity contribution is -0.145. The molecule has 2 aliphatic heterocycles. The van der Waals surface area contributed by atoms with E-state index in [9.17, 15) is 4.79 Å². The Balaban J connectivity index is 1.42. The molecule has 0 aromatic carbocycles. The molecule has 2 aromatic heterocycles. The molecule has 1 amide bonds. The van der Waals surface area contributed by atoms with Crippen molar-refractivity contribution in [3.05, 3.63) is 35.9 Å². The maximum absolute atomic E-state index is 13.4. The van der Waals surface area contributed by atoms with E-state index in [1.165, 1.54) is 5.56 Å². The first-order valence-electron chi connectivity index (χ1n) is 10.5. The Bertz CT molecular complexity index is 783. The number of fused-ring (bicyclic) bond motifs is 1. The second-order valence-electron chi connectivity index (χ2n) is 8.30. The Morgan fingerprint density at radius 2 is 2.17 bits per heavy atom. The van der Waals surface area contributed by atoms with Crippen molar-refractivity contribution in [2.24, 2.45) is 5.41 Å². The zero-order chi connectivity index (χ0) is 20.1. The number of likely N-dealkylation sites (tertiary alicyclic amines) is 2. The number of pyridine rings is 1. The van der Waals surface area contributed by atoms with Crippen molar-refractivity contribution >= 4 is 5.91 Å². The summed E-state index contributed by atoms with van der Waals surface area (Å²) < 4.78 is 0. The first kappa shape index (κ1) is 19.9. The topological polar surface area (TPSA) is 103 Å². The number of nitrogens with zero attached hydrogens (tertiary/aromatic N) is 6. The third-order valence-electron chi connectivity index (χ3n) is 6.41. The van der Waals surface area contributed by atoms with E-state index in [1.54, 1.807) is 0 Å². The molecule has 2 saturated heterocycles. The molecule has 0 bridgehead atoms. The highest BCUT2D eigenvalue weighted by atomic mass is 16.2. The molecule has 0 spiro atoms. The number of hydrogen-bond acceptors (Lipinski definition) is 7. The van der Waals surface area contributed by atoms with Crippen molar-refractivity contribution in [1.82, 2.24) is 40.7 Å². The molecule has 2 N–H and O–H groups in total. The van der Waals surface area contributed by atoms with Gasteiger partial charge in [0, 0.05) is 44.5 Å². The van der Waals surface area contributed by atoms with Crippen molar-refractivity contribution in [1.29, 1.82) is 0 Å². The number of likely N-dealkylation sites (N-methyl/N-ethyl adjacent to an activating group) is 1. The number of carbonyl (C=O) groups is 1. The fourth-order valence-corrected chi connectivity index (χ4v) is 4.83. The van der Waals surface area contributed by atoms with Gasteiger partial charge in [-0.25, -0.2) is 0 Å². The monoisotopic (exact) mass is 398 g/mol. The van der Waals surface area contributed by atoms with Crippen LogP contribution in [0.1, 0.15) is 37.1 Å². The Morgan fingerprint density at radius 1 is 1.31 bits per heavy atom. The maximum atomic E-state index is 13.4. The Labute approximate surface area is 171 Å². The first-order chi connectivity index (χ1) is 14.2. The van der Waals surface area contributed by atoms with E-state index < -0.39 is 0 Å². The second kappa shape index (κ2) is 8.96. The van der Waals surface area contributed by atoms with Gasteiger partial charge in [-0.1, -0.05) is 5.21 Å². The van der Waals surface area contributed by atoms with Gasteiger partial charge in [-0.05, 0) is 63.5 Å². The Morgan fingerprint density at radius 3 is 2.97 bits per heavy atom. The third-order valence-corrected chi connectivity index (χ3v) is 6.41. The van der Waals surface area contributed by atoms with Crippen molar-refractivity contribution in [3.63, 3.8) is 0 Å². The van der Waals surface area contributed by atoms with Gasteiger partial charge in [-0.15, -0.1) is 10.2 Å². The van der Waals surface area contributed by atoms with E-state index in [4.69, 9.17) is 0 Å². The zero-order valence-electron chi connectivity index (χ0n) is 17.0. The fraction of sp³-hybridized carbons (Fsp3) is 0.650. The molecule has 0 unspecified atom stereocenters. The minimum absolute atomic E-state index is 0.211. The minimum atomic E-state index is -0.302. The molecule has 156 valence electrons. The quantitative estimate of drug-likeness (QED) is 0.660. The van der Waals surface area contributed by atoms with Crippen LogP contribution in [0, 0.1) is 5.41 Å². The van der Waals surface area contributed by atoms with Crippen LogP contribution in [0.5, 0.6) is 0 Å². The van der Waals surface area contributed by atoms with Gasteiger partial charge >= 0.3 is 0 Å².